The molecule has 3 nitrogen and oxygen atoms in total. The Balaban J connectivity index is 1.69. The van der Waals surface area contributed by atoms with Gasteiger partial charge in [0, 0.05) is 11.1 Å². The van der Waals surface area contributed by atoms with E-state index in [2.05, 4.69) is 34.1 Å². The molecule has 1 aliphatic carbocycles. The fourth-order valence-electron chi connectivity index (χ4n) is 3.59. The van der Waals surface area contributed by atoms with Gasteiger partial charge >= 0.3 is 0 Å². The molecule has 4 heteroatoms. The van der Waals surface area contributed by atoms with E-state index in [0.717, 1.165) is 28.5 Å². The van der Waals surface area contributed by atoms with Crippen LogP contribution >= 0.6 is 11.6 Å². The number of rotatable bonds is 4. The number of hydrogen-bond acceptors (Lipinski definition) is 2. The lowest BCUT2D eigenvalue weighted by Crippen LogP contribution is -2.24. The maximum absolute atomic E-state index is 6.16. The Hall–Kier alpha value is -2.00. The van der Waals surface area contributed by atoms with Gasteiger partial charge in [0.05, 0.1) is 17.6 Å². The largest absolute Gasteiger partial charge is 0.353 e. The van der Waals surface area contributed by atoms with Gasteiger partial charge in [0.15, 0.2) is 0 Å². The molecule has 4 rings (SSSR count). The van der Waals surface area contributed by atoms with E-state index in [0.29, 0.717) is 6.04 Å². The lowest BCUT2D eigenvalue weighted by molar-refractivity contribution is 0.459. The lowest BCUT2D eigenvalue weighted by atomic mass is 9.96. The van der Waals surface area contributed by atoms with Crippen molar-refractivity contribution in [3.8, 4) is 0 Å². The predicted octanol–water partition coefficient (Wildman–Crippen LogP) is 5.48. The first-order chi connectivity index (χ1) is 11.8. The highest BCUT2D eigenvalue weighted by Crippen LogP contribution is 2.26. The molecule has 3 aromatic rings. The summed E-state index contributed by atoms with van der Waals surface area (Å²) in [5.41, 5.74) is 3.39. The van der Waals surface area contributed by atoms with Crippen LogP contribution in [-0.2, 0) is 6.54 Å². The highest BCUT2D eigenvalue weighted by molar-refractivity contribution is 6.30. The van der Waals surface area contributed by atoms with Gasteiger partial charge in [-0.25, -0.2) is 4.98 Å². The van der Waals surface area contributed by atoms with Crippen LogP contribution in [0.2, 0.25) is 5.02 Å². The second kappa shape index (κ2) is 6.86. The van der Waals surface area contributed by atoms with E-state index in [-0.39, 0.29) is 0 Å². The SMILES string of the molecule is Clc1cccc(Cn2c(NC3CCCCC3)nc3ccccc32)c1. The average molecular weight is 340 g/mol. The molecule has 1 aromatic heterocycles. The fraction of sp³-hybridized carbons (Fsp3) is 0.350. The number of aromatic nitrogens is 2. The van der Waals surface area contributed by atoms with Gasteiger partial charge < -0.3 is 9.88 Å². The zero-order chi connectivity index (χ0) is 16.4. The molecule has 1 saturated carbocycles. The Morgan fingerprint density at radius 3 is 2.71 bits per heavy atom. The molecule has 0 aliphatic heterocycles. The molecular weight excluding hydrogens is 318 g/mol. The minimum atomic E-state index is 0.536. The number of anilines is 1. The van der Waals surface area contributed by atoms with Crippen LogP contribution in [-0.4, -0.2) is 15.6 Å². The summed E-state index contributed by atoms with van der Waals surface area (Å²) >= 11 is 6.16. The monoisotopic (exact) mass is 339 g/mol. The number of nitrogens with zero attached hydrogens (tertiary/aromatic N) is 2. The van der Waals surface area contributed by atoms with Gasteiger partial charge in [-0.15, -0.1) is 0 Å². The quantitative estimate of drug-likeness (QED) is 0.681. The zero-order valence-electron chi connectivity index (χ0n) is 13.7. The lowest BCUT2D eigenvalue weighted by Gasteiger charge is -2.23. The van der Waals surface area contributed by atoms with Crippen LogP contribution < -0.4 is 5.32 Å². The summed E-state index contributed by atoms with van der Waals surface area (Å²) in [6.45, 7) is 0.774. The molecule has 24 heavy (non-hydrogen) atoms. The molecular formula is C20H22ClN3. The average Bonchev–Trinajstić information content (AvgIpc) is 2.93. The van der Waals surface area contributed by atoms with Crippen LogP contribution in [0.25, 0.3) is 11.0 Å². The summed E-state index contributed by atoms with van der Waals surface area (Å²) in [7, 11) is 0. The van der Waals surface area contributed by atoms with Crippen molar-refractivity contribution < 1.29 is 0 Å². The molecule has 0 saturated heterocycles. The van der Waals surface area contributed by atoms with E-state index in [4.69, 9.17) is 16.6 Å². The van der Waals surface area contributed by atoms with Crippen molar-refractivity contribution in [2.45, 2.75) is 44.7 Å². The number of para-hydroxylation sites is 2. The maximum atomic E-state index is 6.16. The van der Waals surface area contributed by atoms with E-state index in [1.54, 1.807) is 0 Å². The van der Waals surface area contributed by atoms with Gasteiger partial charge in [0.2, 0.25) is 5.95 Å². The Bertz CT molecular complexity index is 834. The van der Waals surface area contributed by atoms with Crippen LogP contribution in [0.5, 0.6) is 0 Å². The predicted molar refractivity (Wildman–Crippen MR) is 101 cm³/mol. The summed E-state index contributed by atoms with van der Waals surface area (Å²) in [6.07, 6.45) is 6.45. The van der Waals surface area contributed by atoms with Crippen molar-refractivity contribution in [2.75, 3.05) is 5.32 Å². The molecule has 1 N–H and O–H groups in total. The smallest absolute Gasteiger partial charge is 0.204 e. The molecule has 2 aromatic carbocycles. The minimum Gasteiger partial charge on any atom is -0.353 e. The number of imidazole rings is 1. The minimum absolute atomic E-state index is 0.536. The van der Waals surface area contributed by atoms with Crippen molar-refractivity contribution in [1.82, 2.24) is 9.55 Å². The second-order valence-corrected chi connectivity index (χ2v) is 7.06. The van der Waals surface area contributed by atoms with E-state index in [9.17, 15) is 0 Å². The van der Waals surface area contributed by atoms with E-state index < -0.39 is 0 Å². The summed E-state index contributed by atoms with van der Waals surface area (Å²) in [5.74, 6) is 0.975. The third-order valence-corrected chi connectivity index (χ3v) is 5.06. The first-order valence-electron chi connectivity index (χ1n) is 8.76. The summed E-state index contributed by atoms with van der Waals surface area (Å²) < 4.78 is 2.27. The first-order valence-corrected chi connectivity index (χ1v) is 9.14. The van der Waals surface area contributed by atoms with Crippen LogP contribution in [0.1, 0.15) is 37.7 Å². The Kier molecular flexibility index (Phi) is 4.44. The second-order valence-electron chi connectivity index (χ2n) is 6.62. The number of fused-ring (bicyclic) bond motifs is 1. The third-order valence-electron chi connectivity index (χ3n) is 4.82. The van der Waals surface area contributed by atoms with Gasteiger partial charge in [-0.3, -0.25) is 0 Å². The normalized spacial score (nSPS) is 15.7. The topological polar surface area (TPSA) is 29.9 Å². The van der Waals surface area contributed by atoms with E-state index in [1.165, 1.54) is 37.7 Å². The maximum Gasteiger partial charge on any atom is 0.204 e. The molecule has 0 bridgehead atoms. The van der Waals surface area contributed by atoms with Gasteiger partial charge in [0.25, 0.3) is 0 Å². The molecule has 0 spiro atoms. The van der Waals surface area contributed by atoms with Crippen molar-refractivity contribution in [3.63, 3.8) is 0 Å². The summed E-state index contributed by atoms with van der Waals surface area (Å²) in [4.78, 5) is 4.84. The van der Waals surface area contributed by atoms with E-state index in [1.807, 2.05) is 24.3 Å². The third kappa shape index (κ3) is 3.27. The van der Waals surface area contributed by atoms with Gasteiger partial charge in [0.1, 0.15) is 0 Å². The van der Waals surface area contributed by atoms with Gasteiger partial charge in [-0.05, 0) is 42.7 Å². The summed E-state index contributed by atoms with van der Waals surface area (Å²) in [6, 6.07) is 16.9. The highest BCUT2D eigenvalue weighted by atomic mass is 35.5. The number of hydrogen-bond donors (Lipinski definition) is 1. The van der Waals surface area contributed by atoms with Crippen LogP contribution in [0.15, 0.2) is 48.5 Å². The Morgan fingerprint density at radius 2 is 1.88 bits per heavy atom. The number of halogens is 1. The van der Waals surface area contributed by atoms with Crippen LogP contribution in [0.3, 0.4) is 0 Å². The zero-order valence-corrected chi connectivity index (χ0v) is 14.5. The highest BCUT2D eigenvalue weighted by Gasteiger charge is 2.17. The Labute approximate surface area is 147 Å². The molecule has 0 radical (unpaired) electrons. The van der Waals surface area contributed by atoms with Gasteiger partial charge in [-0.1, -0.05) is 55.1 Å². The molecule has 1 aliphatic rings. The standard InChI is InChI=1S/C20H22ClN3/c21-16-8-6-7-15(13-16)14-24-19-12-5-4-11-18(19)23-20(24)22-17-9-2-1-3-10-17/h4-8,11-13,17H,1-3,9-10,14H2,(H,22,23). The van der Waals surface area contributed by atoms with E-state index >= 15 is 0 Å². The van der Waals surface area contributed by atoms with Gasteiger partial charge in [-0.2, -0.15) is 0 Å². The number of benzene rings is 2. The molecule has 0 amide bonds. The van der Waals surface area contributed by atoms with Crippen molar-refractivity contribution in [3.05, 3.63) is 59.1 Å². The van der Waals surface area contributed by atoms with Crippen molar-refractivity contribution in [1.29, 1.82) is 0 Å². The van der Waals surface area contributed by atoms with Crippen LogP contribution in [0.4, 0.5) is 5.95 Å². The van der Waals surface area contributed by atoms with Crippen molar-refractivity contribution >= 4 is 28.6 Å². The molecule has 0 atom stereocenters. The fourth-order valence-corrected chi connectivity index (χ4v) is 3.81. The Morgan fingerprint density at radius 1 is 1.04 bits per heavy atom. The van der Waals surface area contributed by atoms with Crippen LogP contribution in [0, 0.1) is 0 Å². The first kappa shape index (κ1) is 15.5. The summed E-state index contributed by atoms with van der Waals surface area (Å²) in [5, 5.41) is 4.47. The molecule has 124 valence electrons. The van der Waals surface area contributed by atoms with Crippen molar-refractivity contribution in [2.24, 2.45) is 0 Å². The number of nitrogens with one attached hydrogen (secondary N) is 1. The molecule has 0 unspecified atom stereocenters. The molecule has 1 heterocycles. The molecule has 1 fully saturated rings.